The number of hydrogen-bond donors (Lipinski definition) is 0. The van der Waals surface area contributed by atoms with Gasteiger partial charge < -0.3 is 4.57 Å². The number of hydrogen-bond acceptors (Lipinski definition) is 1. The van der Waals surface area contributed by atoms with Crippen LogP contribution in [0.1, 0.15) is 5.56 Å². The van der Waals surface area contributed by atoms with Gasteiger partial charge in [0, 0.05) is 35.7 Å². The van der Waals surface area contributed by atoms with Crippen molar-refractivity contribution in [3.05, 3.63) is 51.7 Å². The Kier molecular flexibility index (Phi) is 3.46. The van der Waals surface area contributed by atoms with Gasteiger partial charge in [0.15, 0.2) is 0 Å². The van der Waals surface area contributed by atoms with Gasteiger partial charge in [0.2, 0.25) is 0 Å². The van der Waals surface area contributed by atoms with E-state index in [0.29, 0.717) is 5.02 Å². The van der Waals surface area contributed by atoms with Crippen LogP contribution < -0.4 is 0 Å². The molecule has 0 fully saturated rings. The van der Waals surface area contributed by atoms with Crippen LogP contribution in [0, 0.1) is 0 Å². The van der Waals surface area contributed by atoms with Crippen LogP contribution in [-0.4, -0.2) is 10.8 Å². The van der Waals surface area contributed by atoms with Gasteiger partial charge in [-0.3, -0.25) is 4.99 Å². The second-order valence-electron chi connectivity index (χ2n) is 3.47. The Morgan fingerprint density at radius 1 is 1.38 bits per heavy atom. The molecule has 4 heteroatoms. The van der Waals surface area contributed by atoms with Crippen LogP contribution in [0.2, 0.25) is 5.02 Å². The van der Waals surface area contributed by atoms with Gasteiger partial charge in [0.1, 0.15) is 0 Å². The number of aliphatic imine (C=N–C) groups is 1. The van der Waals surface area contributed by atoms with Crippen LogP contribution in [0.5, 0.6) is 0 Å². The van der Waals surface area contributed by atoms with Crippen molar-refractivity contribution in [2.24, 2.45) is 12.0 Å². The van der Waals surface area contributed by atoms with Crippen molar-refractivity contribution in [2.75, 3.05) is 0 Å². The highest BCUT2D eigenvalue weighted by Gasteiger charge is 1.97. The van der Waals surface area contributed by atoms with Crippen molar-refractivity contribution < 1.29 is 0 Å². The van der Waals surface area contributed by atoms with E-state index in [2.05, 4.69) is 20.9 Å². The summed E-state index contributed by atoms with van der Waals surface area (Å²) >= 11 is 9.32. The van der Waals surface area contributed by atoms with Crippen LogP contribution in [0.25, 0.3) is 0 Å². The standard InChI is InChI=1S/C12H10BrClN2/c1-16-5-4-9(8-16)7-15-10-2-3-11(13)12(14)6-10/h2-8H,1H3. The van der Waals surface area contributed by atoms with E-state index in [-0.39, 0.29) is 0 Å². The van der Waals surface area contributed by atoms with Crippen molar-refractivity contribution in [2.45, 2.75) is 0 Å². The molecule has 0 atom stereocenters. The van der Waals surface area contributed by atoms with Crippen LogP contribution in [0.4, 0.5) is 5.69 Å². The van der Waals surface area contributed by atoms with Crippen molar-refractivity contribution in [3.63, 3.8) is 0 Å². The molecular formula is C12H10BrClN2. The summed E-state index contributed by atoms with van der Waals surface area (Å²) in [5.41, 5.74) is 1.92. The molecule has 0 spiro atoms. The van der Waals surface area contributed by atoms with E-state index >= 15 is 0 Å². The zero-order valence-electron chi connectivity index (χ0n) is 8.69. The minimum Gasteiger partial charge on any atom is -0.357 e. The summed E-state index contributed by atoms with van der Waals surface area (Å²) in [6, 6.07) is 7.63. The fourth-order valence-electron chi connectivity index (χ4n) is 1.32. The largest absolute Gasteiger partial charge is 0.357 e. The number of halogens is 2. The molecule has 0 amide bonds. The predicted molar refractivity (Wildman–Crippen MR) is 71.8 cm³/mol. The predicted octanol–water partition coefficient (Wildman–Crippen LogP) is 4.19. The molecule has 0 saturated carbocycles. The third-order valence-corrected chi connectivity index (χ3v) is 3.35. The molecule has 0 radical (unpaired) electrons. The monoisotopic (exact) mass is 296 g/mol. The smallest absolute Gasteiger partial charge is 0.0645 e. The number of aryl methyl sites for hydroxylation is 1. The van der Waals surface area contributed by atoms with E-state index < -0.39 is 0 Å². The molecule has 1 heterocycles. The molecule has 2 nitrogen and oxygen atoms in total. The van der Waals surface area contributed by atoms with E-state index in [0.717, 1.165) is 15.7 Å². The molecule has 0 aliphatic carbocycles. The zero-order chi connectivity index (χ0) is 11.5. The second-order valence-corrected chi connectivity index (χ2v) is 4.73. The summed E-state index contributed by atoms with van der Waals surface area (Å²) in [6.45, 7) is 0. The number of nitrogens with zero attached hydrogens (tertiary/aromatic N) is 2. The summed E-state index contributed by atoms with van der Waals surface area (Å²) in [5, 5.41) is 0.669. The Morgan fingerprint density at radius 3 is 2.81 bits per heavy atom. The Labute approximate surface area is 108 Å². The maximum absolute atomic E-state index is 5.97. The highest BCUT2D eigenvalue weighted by atomic mass is 79.9. The summed E-state index contributed by atoms with van der Waals surface area (Å²) in [4.78, 5) is 4.35. The lowest BCUT2D eigenvalue weighted by Crippen LogP contribution is -1.80. The Hall–Kier alpha value is -1.06. The van der Waals surface area contributed by atoms with E-state index in [1.807, 2.05) is 54.5 Å². The fraction of sp³-hybridized carbons (Fsp3) is 0.0833. The van der Waals surface area contributed by atoms with Crippen LogP contribution >= 0.6 is 27.5 Å². The lowest BCUT2D eigenvalue weighted by Gasteiger charge is -1.96. The first-order valence-electron chi connectivity index (χ1n) is 4.76. The summed E-state index contributed by atoms with van der Waals surface area (Å²) in [5.74, 6) is 0. The second kappa shape index (κ2) is 4.85. The molecular weight excluding hydrogens is 288 g/mol. The van der Waals surface area contributed by atoms with Gasteiger partial charge in [0.05, 0.1) is 10.7 Å². The van der Waals surface area contributed by atoms with Gasteiger partial charge in [-0.2, -0.15) is 0 Å². The van der Waals surface area contributed by atoms with Crippen molar-refractivity contribution in [1.29, 1.82) is 0 Å². The molecule has 1 aromatic heterocycles. The molecule has 2 rings (SSSR count). The van der Waals surface area contributed by atoms with E-state index in [4.69, 9.17) is 11.6 Å². The molecule has 0 N–H and O–H groups in total. The highest BCUT2D eigenvalue weighted by molar-refractivity contribution is 9.10. The fourth-order valence-corrected chi connectivity index (χ4v) is 1.74. The van der Waals surface area contributed by atoms with Gasteiger partial charge in [-0.15, -0.1) is 0 Å². The van der Waals surface area contributed by atoms with Gasteiger partial charge in [-0.05, 0) is 40.2 Å². The van der Waals surface area contributed by atoms with E-state index in [9.17, 15) is 0 Å². The first kappa shape index (κ1) is 11.4. The van der Waals surface area contributed by atoms with E-state index in [1.54, 1.807) is 0 Å². The van der Waals surface area contributed by atoms with Crippen molar-refractivity contribution in [1.82, 2.24) is 4.57 Å². The lowest BCUT2D eigenvalue weighted by atomic mass is 10.3. The lowest BCUT2D eigenvalue weighted by molar-refractivity contribution is 0.927. The third kappa shape index (κ3) is 2.74. The Bertz CT molecular complexity index is 532. The average Bonchev–Trinajstić information content (AvgIpc) is 2.66. The van der Waals surface area contributed by atoms with Crippen LogP contribution in [-0.2, 0) is 7.05 Å². The Morgan fingerprint density at radius 2 is 2.19 bits per heavy atom. The van der Waals surface area contributed by atoms with Crippen LogP contribution in [0.3, 0.4) is 0 Å². The maximum atomic E-state index is 5.97. The molecule has 0 bridgehead atoms. The molecule has 1 aromatic carbocycles. The average molecular weight is 298 g/mol. The van der Waals surface area contributed by atoms with Gasteiger partial charge >= 0.3 is 0 Å². The zero-order valence-corrected chi connectivity index (χ0v) is 11.0. The van der Waals surface area contributed by atoms with Crippen LogP contribution in [0.15, 0.2) is 46.1 Å². The first-order valence-corrected chi connectivity index (χ1v) is 5.93. The van der Waals surface area contributed by atoms with Crippen molar-refractivity contribution in [3.8, 4) is 0 Å². The molecule has 0 unspecified atom stereocenters. The third-order valence-electron chi connectivity index (χ3n) is 2.12. The molecule has 82 valence electrons. The molecule has 2 aromatic rings. The van der Waals surface area contributed by atoms with Crippen molar-refractivity contribution >= 4 is 39.4 Å². The number of aromatic nitrogens is 1. The summed E-state index contributed by atoms with van der Waals surface area (Å²) in [7, 11) is 1.98. The summed E-state index contributed by atoms with van der Waals surface area (Å²) < 4.78 is 2.86. The normalized spacial score (nSPS) is 11.2. The summed E-state index contributed by atoms with van der Waals surface area (Å²) in [6.07, 6.45) is 5.81. The topological polar surface area (TPSA) is 17.3 Å². The number of benzene rings is 1. The van der Waals surface area contributed by atoms with Gasteiger partial charge in [-0.1, -0.05) is 11.6 Å². The Balaban J connectivity index is 2.20. The maximum Gasteiger partial charge on any atom is 0.0645 e. The molecule has 0 saturated heterocycles. The van der Waals surface area contributed by atoms with E-state index in [1.165, 1.54) is 0 Å². The highest BCUT2D eigenvalue weighted by Crippen LogP contribution is 2.26. The molecule has 16 heavy (non-hydrogen) atoms. The van der Waals surface area contributed by atoms with Gasteiger partial charge in [-0.25, -0.2) is 0 Å². The number of rotatable bonds is 2. The molecule has 0 aliphatic heterocycles. The minimum atomic E-state index is 0.669. The quantitative estimate of drug-likeness (QED) is 0.740. The molecule has 0 aliphatic rings. The van der Waals surface area contributed by atoms with Gasteiger partial charge in [0.25, 0.3) is 0 Å². The SMILES string of the molecule is Cn1ccc(C=Nc2ccc(Br)c(Cl)c2)c1. The first-order chi connectivity index (χ1) is 7.65. The minimum absolute atomic E-state index is 0.669.